The normalized spacial score (nSPS) is 28.5. The van der Waals surface area contributed by atoms with Gasteiger partial charge in [-0.3, -0.25) is 0 Å². The summed E-state index contributed by atoms with van der Waals surface area (Å²) in [6.07, 6.45) is 8.80. The molecule has 0 amide bonds. The molecule has 3 aliphatic rings. The van der Waals surface area contributed by atoms with Crippen molar-refractivity contribution in [3.8, 4) is 11.5 Å². The average Bonchev–Trinajstić information content (AvgIpc) is 3.15. The van der Waals surface area contributed by atoms with E-state index in [1.165, 1.54) is 31.7 Å². The Balaban J connectivity index is 1.22. The lowest BCUT2D eigenvalue weighted by molar-refractivity contribution is -0.185. The van der Waals surface area contributed by atoms with Crippen molar-refractivity contribution in [2.24, 2.45) is 17.8 Å². The smallest absolute Gasteiger partial charge is 0.204 e. The van der Waals surface area contributed by atoms with E-state index in [2.05, 4.69) is 0 Å². The summed E-state index contributed by atoms with van der Waals surface area (Å²) in [5, 5.41) is 9.18. The Kier molecular flexibility index (Phi) is 5.55. The standard InChI is InChI=1S/C21H28F2O4/c22-19-17(24)5-6-18(20(19)23)25-13-14-1-3-15(4-2-14)16-7-9-21(10-8-16)26-11-12-27-21/h5-6,14-16,24H,1-4,7-13H2. The van der Waals surface area contributed by atoms with E-state index in [-0.39, 0.29) is 11.5 Å². The number of aromatic hydroxyl groups is 1. The highest BCUT2D eigenvalue weighted by Crippen LogP contribution is 2.45. The summed E-state index contributed by atoms with van der Waals surface area (Å²) >= 11 is 0. The lowest BCUT2D eigenvalue weighted by Crippen LogP contribution is -2.37. The molecule has 6 heteroatoms. The van der Waals surface area contributed by atoms with E-state index in [1.807, 2.05) is 0 Å². The topological polar surface area (TPSA) is 47.9 Å². The maximum Gasteiger partial charge on any atom is 0.204 e. The predicted octanol–water partition coefficient (Wildman–Crippen LogP) is 4.79. The first-order valence-corrected chi connectivity index (χ1v) is 10.1. The SMILES string of the molecule is Oc1ccc(OCC2CCC(C3CCC4(CC3)OCCO4)CC2)c(F)c1F. The second kappa shape index (κ2) is 7.92. The molecular formula is C21H28F2O4. The van der Waals surface area contributed by atoms with Crippen molar-refractivity contribution in [2.45, 2.75) is 57.2 Å². The van der Waals surface area contributed by atoms with Crippen molar-refractivity contribution >= 4 is 0 Å². The van der Waals surface area contributed by atoms with Gasteiger partial charge < -0.3 is 19.3 Å². The number of phenols is 1. The minimum Gasteiger partial charge on any atom is -0.505 e. The molecule has 1 aliphatic heterocycles. The first-order chi connectivity index (χ1) is 13.1. The van der Waals surface area contributed by atoms with Gasteiger partial charge in [-0.15, -0.1) is 0 Å². The van der Waals surface area contributed by atoms with E-state index < -0.39 is 17.4 Å². The molecule has 1 saturated heterocycles. The van der Waals surface area contributed by atoms with Crippen LogP contribution in [0, 0.1) is 29.4 Å². The lowest BCUT2D eigenvalue weighted by Gasteiger charge is -2.40. The van der Waals surface area contributed by atoms with Gasteiger partial charge in [-0.05, 0) is 68.4 Å². The Morgan fingerprint density at radius 1 is 0.926 bits per heavy atom. The second-order valence-corrected chi connectivity index (χ2v) is 8.25. The number of phenolic OH excluding ortho intramolecular Hbond substituents is 1. The van der Waals surface area contributed by atoms with Gasteiger partial charge in [-0.1, -0.05) is 0 Å². The average molecular weight is 382 g/mol. The van der Waals surface area contributed by atoms with E-state index in [0.717, 1.165) is 56.8 Å². The quantitative estimate of drug-likeness (QED) is 0.813. The van der Waals surface area contributed by atoms with Crippen LogP contribution in [0.15, 0.2) is 12.1 Å². The van der Waals surface area contributed by atoms with Crippen LogP contribution in [0.25, 0.3) is 0 Å². The van der Waals surface area contributed by atoms with Crippen LogP contribution in [-0.2, 0) is 9.47 Å². The molecule has 0 bridgehead atoms. The minimum absolute atomic E-state index is 0.124. The van der Waals surface area contributed by atoms with Crippen molar-refractivity contribution < 1.29 is 28.1 Å². The van der Waals surface area contributed by atoms with Crippen LogP contribution in [0.4, 0.5) is 8.78 Å². The van der Waals surface area contributed by atoms with Crippen LogP contribution >= 0.6 is 0 Å². The van der Waals surface area contributed by atoms with Gasteiger partial charge in [-0.2, -0.15) is 8.78 Å². The molecule has 0 unspecified atom stereocenters. The first-order valence-electron chi connectivity index (χ1n) is 10.1. The van der Waals surface area contributed by atoms with Crippen LogP contribution in [0.5, 0.6) is 11.5 Å². The number of hydrogen-bond donors (Lipinski definition) is 1. The fraction of sp³-hybridized carbons (Fsp3) is 0.714. The van der Waals surface area contributed by atoms with Crippen LogP contribution < -0.4 is 4.74 Å². The molecule has 1 aromatic carbocycles. The Bertz CT molecular complexity index is 642. The predicted molar refractivity (Wildman–Crippen MR) is 95.6 cm³/mol. The van der Waals surface area contributed by atoms with E-state index >= 15 is 0 Å². The minimum atomic E-state index is -1.25. The summed E-state index contributed by atoms with van der Waals surface area (Å²) in [7, 11) is 0. The Morgan fingerprint density at radius 2 is 1.56 bits per heavy atom. The van der Waals surface area contributed by atoms with Crippen LogP contribution in [0.2, 0.25) is 0 Å². The second-order valence-electron chi connectivity index (χ2n) is 8.25. The van der Waals surface area contributed by atoms with Crippen molar-refractivity contribution in [3.63, 3.8) is 0 Å². The molecule has 0 atom stereocenters. The summed E-state index contributed by atoms with van der Waals surface area (Å²) < 4.78 is 44.3. The van der Waals surface area contributed by atoms with Gasteiger partial charge in [0.1, 0.15) is 0 Å². The fourth-order valence-corrected chi connectivity index (χ4v) is 5.00. The zero-order valence-corrected chi connectivity index (χ0v) is 15.6. The van der Waals surface area contributed by atoms with E-state index in [4.69, 9.17) is 14.2 Å². The van der Waals surface area contributed by atoms with Crippen molar-refractivity contribution in [3.05, 3.63) is 23.8 Å². The Hall–Kier alpha value is -1.40. The molecule has 3 fully saturated rings. The van der Waals surface area contributed by atoms with Gasteiger partial charge in [0.25, 0.3) is 0 Å². The summed E-state index contributed by atoms with van der Waals surface area (Å²) in [5.74, 6) is -1.61. The molecule has 2 aliphatic carbocycles. The number of rotatable bonds is 4. The zero-order chi connectivity index (χ0) is 18.9. The third kappa shape index (κ3) is 4.06. The third-order valence-corrected chi connectivity index (χ3v) is 6.66. The number of halogens is 2. The van der Waals surface area contributed by atoms with Crippen molar-refractivity contribution in [1.82, 2.24) is 0 Å². The van der Waals surface area contributed by atoms with Gasteiger partial charge in [0.15, 0.2) is 17.3 Å². The van der Waals surface area contributed by atoms with Gasteiger partial charge >= 0.3 is 0 Å². The van der Waals surface area contributed by atoms with Crippen LogP contribution in [0.1, 0.15) is 51.4 Å². The highest BCUT2D eigenvalue weighted by Gasteiger charge is 2.42. The number of ether oxygens (including phenoxy) is 3. The van der Waals surface area contributed by atoms with Crippen LogP contribution in [-0.4, -0.2) is 30.7 Å². The summed E-state index contributed by atoms with van der Waals surface area (Å²) in [6, 6.07) is 2.41. The molecule has 1 spiro atoms. The molecule has 0 radical (unpaired) electrons. The molecule has 4 rings (SSSR count). The number of hydrogen-bond acceptors (Lipinski definition) is 4. The molecule has 1 N–H and O–H groups in total. The molecule has 150 valence electrons. The van der Waals surface area contributed by atoms with Gasteiger partial charge in [0.2, 0.25) is 11.6 Å². The first kappa shape index (κ1) is 18.9. The van der Waals surface area contributed by atoms with Crippen molar-refractivity contribution in [2.75, 3.05) is 19.8 Å². The largest absolute Gasteiger partial charge is 0.505 e. The van der Waals surface area contributed by atoms with Gasteiger partial charge in [0.05, 0.1) is 19.8 Å². The number of benzene rings is 1. The summed E-state index contributed by atoms with van der Waals surface area (Å²) in [4.78, 5) is 0. The molecule has 1 heterocycles. The monoisotopic (exact) mass is 382 g/mol. The van der Waals surface area contributed by atoms with E-state index in [9.17, 15) is 13.9 Å². The molecule has 1 aromatic rings. The Labute approximate surface area is 158 Å². The zero-order valence-electron chi connectivity index (χ0n) is 15.6. The maximum atomic E-state index is 13.8. The summed E-state index contributed by atoms with van der Waals surface area (Å²) in [5.41, 5.74) is 0. The fourth-order valence-electron chi connectivity index (χ4n) is 5.00. The molecule has 27 heavy (non-hydrogen) atoms. The van der Waals surface area contributed by atoms with Gasteiger partial charge in [-0.25, -0.2) is 0 Å². The maximum absolute atomic E-state index is 13.8. The van der Waals surface area contributed by atoms with Crippen LogP contribution in [0.3, 0.4) is 0 Å². The van der Waals surface area contributed by atoms with E-state index in [0.29, 0.717) is 12.5 Å². The molecule has 4 nitrogen and oxygen atoms in total. The van der Waals surface area contributed by atoms with Gasteiger partial charge in [0, 0.05) is 12.8 Å². The third-order valence-electron chi connectivity index (χ3n) is 6.66. The van der Waals surface area contributed by atoms with E-state index in [1.54, 1.807) is 0 Å². The molecule has 2 saturated carbocycles. The van der Waals surface area contributed by atoms with Crippen molar-refractivity contribution in [1.29, 1.82) is 0 Å². The highest BCUT2D eigenvalue weighted by atomic mass is 19.2. The highest BCUT2D eigenvalue weighted by molar-refractivity contribution is 5.33. The molecular weight excluding hydrogens is 354 g/mol. The lowest BCUT2D eigenvalue weighted by atomic mass is 9.70. The summed E-state index contributed by atoms with van der Waals surface area (Å²) in [6.45, 7) is 1.84. The molecule has 0 aromatic heterocycles. The Morgan fingerprint density at radius 3 is 2.22 bits per heavy atom.